The summed E-state index contributed by atoms with van der Waals surface area (Å²) < 4.78 is 5.42. The highest BCUT2D eigenvalue weighted by atomic mass is 16.6. The van der Waals surface area contributed by atoms with Crippen LogP contribution in [0.5, 0.6) is 0 Å². The molecule has 2 amide bonds. The van der Waals surface area contributed by atoms with E-state index < -0.39 is 5.60 Å². The number of hydrogen-bond acceptors (Lipinski definition) is 4. The van der Waals surface area contributed by atoms with Gasteiger partial charge in [-0.2, -0.15) is 0 Å². The number of hydrogen-bond donors (Lipinski definition) is 2. The molecule has 0 atom stereocenters. The van der Waals surface area contributed by atoms with Gasteiger partial charge < -0.3 is 25.2 Å². The van der Waals surface area contributed by atoms with Crippen molar-refractivity contribution < 1.29 is 14.3 Å². The van der Waals surface area contributed by atoms with Gasteiger partial charge in [0, 0.05) is 51.9 Å². The van der Waals surface area contributed by atoms with Crippen molar-refractivity contribution in [2.75, 3.05) is 38.1 Å². The first-order valence-electron chi connectivity index (χ1n) is 10.5. The second-order valence-electron chi connectivity index (χ2n) is 8.23. The van der Waals surface area contributed by atoms with E-state index in [1.165, 1.54) is 0 Å². The van der Waals surface area contributed by atoms with Gasteiger partial charge in [0.05, 0.1) is 0 Å². The van der Waals surface area contributed by atoms with E-state index in [1.54, 1.807) is 11.9 Å². The minimum Gasteiger partial charge on any atom is -0.444 e. The van der Waals surface area contributed by atoms with Crippen molar-refractivity contribution in [2.24, 2.45) is 4.99 Å². The quantitative estimate of drug-likeness (QED) is 0.526. The number of carbonyl (C=O) groups excluding carboxylic acids is 2. The summed E-state index contributed by atoms with van der Waals surface area (Å²) in [5.74, 6) is 0.854. The third kappa shape index (κ3) is 7.24. The number of rotatable bonds is 7. The van der Waals surface area contributed by atoms with Crippen LogP contribution in [0.3, 0.4) is 0 Å². The fourth-order valence-electron chi connectivity index (χ4n) is 3.14. The van der Waals surface area contributed by atoms with Gasteiger partial charge in [0.1, 0.15) is 5.60 Å². The summed E-state index contributed by atoms with van der Waals surface area (Å²) in [5.41, 5.74) is 1.54. The molecule has 0 spiro atoms. The molecular weight excluding hydrogens is 382 g/mol. The summed E-state index contributed by atoms with van der Waals surface area (Å²) in [7, 11) is 1.71. The molecule has 2 rings (SSSR count). The molecule has 0 aromatic heterocycles. The van der Waals surface area contributed by atoms with Gasteiger partial charge in [-0.3, -0.25) is 9.79 Å². The van der Waals surface area contributed by atoms with Crippen LogP contribution in [0.2, 0.25) is 0 Å². The molecule has 0 radical (unpaired) electrons. The fourth-order valence-corrected chi connectivity index (χ4v) is 3.14. The molecule has 1 aromatic carbocycles. The van der Waals surface area contributed by atoms with E-state index in [4.69, 9.17) is 4.74 Å². The van der Waals surface area contributed by atoms with Crippen molar-refractivity contribution >= 4 is 23.6 Å². The largest absolute Gasteiger partial charge is 0.444 e. The minimum absolute atomic E-state index is 0.193. The maximum absolute atomic E-state index is 12.2. The maximum Gasteiger partial charge on any atom is 0.410 e. The number of likely N-dealkylation sites (N-methyl/N-ethyl adjacent to an activating group) is 1. The lowest BCUT2D eigenvalue weighted by atomic mass is 10.2. The highest BCUT2D eigenvalue weighted by Crippen LogP contribution is 2.21. The second-order valence-corrected chi connectivity index (χ2v) is 8.23. The summed E-state index contributed by atoms with van der Waals surface area (Å²) in [6, 6.07) is 8.00. The van der Waals surface area contributed by atoms with E-state index in [2.05, 4.69) is 15.6 Å². The van der Waals surface area contributed by atoms with E-state index in [0.717, 1.165) is 24.2 Å². The molecule has 0 bridgehead atoms. The van der Waals surface area contributed by atoms with Gasteiger partial charge in [0.25, 0.3) is 0 Å². The van der Waals surface area contributed by atoms with E-state index in [-0.39, 0.29) is 12.0 Å². The number of benzene rings is 1. The van der Waals surface area contributed by atoms with Crippen LogP contribution in [0.4, 0.5) is 10.5 Å². The number of anilines is 1. The summed E-state index contributed by atoms with van der Waals surface area (Å²) in [4.78, 5) is 31.8. The van der Waals surface area contributed by atoms with E-state index in [0.29, 0.717) is 38.6 Å². The van der Waals surface area contributed by atoms with Crippen molar-refractivity contribution in [3.63, 3.8) is 0 Å². The molecule has 2 N–H and O–H groups in total. The van der Waals surface area contributed by atoms with Crippen molar-refractivity contribution in [3.05, 3.63) is 29.8 Å². The van der Waals surface area contributed by atoms with Crippen molar-refractivity contribution in [3.8, 4) is 0 Å². The SMILES string of the molecule is CCN(CCNC(=NC)NCc1ccc(N2CCCC2=O)cc1)C(=O)OC(C)(C)C. The Bertz CT molecular complexity index is 740. The molecule has 1 aromatic rings. The summed E-state index contributed by atoms with van der Waals surface area (Å²) >= 11 is 0. The van der Waals surface area contributed by atoms with Crippen LogP contribution < -0.4 is 15.5 Å². The Kier molecular flexibility index (Phi) is 8.50. The van der Waals surface area contributed by atoms with Crippen molar-refractivity contribution in [2.45, 2.75) is 52.7 Å². The molecule has 0 aliphatic carbocycles. The third-order valence-corrected chi connectivity index (χ3v) is 4.71. The zero-order chi connectivity index (χ0) is 22.1. The molecule has 30 heavy (non-hydrogen) atoms. The van der Waals surface area contributed by atoms with Gasteiger partial charge in [-0.1, -0.05) is 12.1 Å². The molecule has 0 saturated carbocycles. The van der Waals surface area contributed by atoms with Crippen LogP contribution in [0.1, 0.15) is 46.1 Å². The van der Waals surface area contributed by atoms with E-state index in [9.17, 15) is 9.59 Å². The zero-order valence-electron chi connectivity index (χ0n) is 18.8. The van der Waals surface area contributed by atoms with Gasteiger partial charge >= 0.3 is 6.09 Å². The van der Waals surface area contributed by atoms with Gasteiger partial charge in [-0.05, 0) is 51.8 Å². The molecule has 8 heteroatoms. The first kappa shape index (κ1) is 23.5. The van der Waals surface area contributed by atoms with E-state index >= 15 is 0 Å². The van der Waals surface area contributed by atoms with E-state index in [1.807, 2.05) is 56.9 Å². The molecule has 1 fully saturated rings. The van der Waals surface area contributed by atoms with Gasteiger partial charge in [0.2, 0.25) is 5.91 Å². The van der Waals surface area contributed by atoms with Crippen LogP contribution in [-0.4, -0.2) is 61.7 Å². The lowest BCUT2D eigenvalue weighted by Crippen LogP contribution is -2.44. The average molecular weight is 418 g/mol. The molecule has 1 aliphatic heterocycles. The smallest absolute Gasteiger partial charge is 0.410 e. The fraction of sp³-hybridized carbons (Fsp3) is 0.591. The summed E-state index contributed by atoms with van der Waals surface area (Å²) in [5, 5.41) is 6.49. The molecule has 8 nitrogen and oxygen atoms in total. The first-order chi connectivity index (χ1) is 14.2. The predicted molar refractivity (Wildman–Crippen MR) is 120 cm³/mol. The Morgan fingerprint density at radius 1 is 1.23 bits per heavy atom. The molecule has 1 aliphatic rings. The minimum atomic E-state index is -0.507. The van der Waals surface area contributed by atoms with Gasteiger partial charge in [-0.25, -0.2) is 4.79 Å². The number of amides is 2. The van der Waals surface area contributed by atoms with Crippen LogP contribution >= 0.6 is 0 Å². The van der Waals surface area contributed by atoms with Crippen LogP contribution in [-0.2, 0) is 16.1 Å². The summed E-state index contributed by atoms with van der Waals surface area (Å²) in [6.45, 7) is 10.6. The lowest BCUT2D eigenvalue weighted by molar-refractivity contribution is -0.117. The Morgan fingerprint density at radius 2 is 1.93 bits per heavy atom. The molecular formula is C22H35N5O3. The zero-order valence-corrected chi connectivity index (χ0v) is 18.8. The number of aliphatic imine (C=N–C) groups is 1. The number of nitrogens with zero attached hydrogens (tertiary/aromatic N) is 3. The number of nitrogens with one attached hydrogen (secondary N) is 2. The molecule has 1 heterocycles. The van der Waals surface area contributed by atoms with Crippen molar-refractivity contribution in [1.29, 1.82) is 0 Å². The van der Waals surface area contributed by atoms with Gasteiger partial charge in [0.15, 0.2) is 5.96 Å². The summed E-state index contributed by atoms with van der Waals surface area (Å²) in [6.07, 6.45) is 1.24. The monoisotopic (exact) mass is 417 g/mol. The Morgan fingerprint density at radius 3 is 2.47 bits per heavy atom. The van der Waals surface area contributed by atoms with Crippen LogP contribution in [0, 0.1) is 0 Å². The number of carbonyl (C=O) groups is 2. The molecule has 166 valence electrons. The molecule has 1 saturated heterocycles. The standard InChI is InChI=1S/C22H35N5O3/c1-6-26(21(29)30-22(2,3)4)15-13-24-20(23-5)25-16-17-9-11-18(12-10-17)27-14-7-8-19(27)28/h9-12H,6-8,13-16H2,1-5H3,(H2,23,24,25). The first-order valence-corrected chi connectivity index (χ1v) is 10.5. The second kappa shape index (κ2) is 10.8. The number of guanidine groups is 1. The van der Waals surface area contributed by atoms with Gasteiger partial charge in [-0.15, -0.1) is 0 Å². The predicted octanol–water partition coefficient (Wildman–Crippen LogP) is 2.74. The topological polar surface area (TPSA) is 86.3 Å². The van der Waals surface area contributed by atoms with Crippen LogP contribution in [0.25, 0.3) is 0 Å². The highest BCUT2D eigenvalue weighted by Gasteiger charge is 2.22. The lowest BCUT2D eigenvalue weighted by Gasteiger charge is -2.26. The normalized spacial score (nSPS) is 14.6. The average Bonchev–Trinajstić information content (AvgIpc) is 3.12. The third-order valence-electron chi connectivity index (χ3n) is 4.71. The number of ether oxygens (including phenoxy) is 1. The Labute approximate surface area is 179 Å². The Balaban J connectivity index is 1.78. The maximum atomic E-state index is 12.2. The van der Waals surface area contributed by atoms with Crippen molar-refractivity contribution in [1.82, 2.24) is 15.5 Å². The molecule has 0 unspecified atom stereocenters. The highest BCUT2D eigenvalue weighted by molar-refractivity contribution is 5.95. The van der Waals surface area contributed by atoms with Crippen LogP contribution in [0.15, 0.2) is 29.3 Å². The Hall–Kier alpha value is -2.77.